The van der Waals surface area contributed by atoms with Crippen LogP contribution >= 0.6 is 0 Å². The van der Waals surface area contributed by atoms with Crippen molar-refractivity contribution >= 4 is 16.8 Å². The van der Waals surface area contributed by atoms with Gasteiger partial charge in [-0.3, -0.25) is 14.8 Å². The minimum Gasteiger partial charge on any atom is -0.339 e. The molecule has 5 heteroatoms. The molecule has 4 rings (SSSR count). The lowest BCUT2D eigenvalue weighted by Crippen LogP contribution is -2.35. The Morgan fingerprint density at radius 3 is 2.68 bits per heavy atom. The molecule has 0 unspecified atom stereocenters. The molecule has 1 aliphatic heterocycles. The summed E-state index contributed by atoms with van der Waals surface area (Å²) in [5.41, 5.74) is 2.75. The van der Waals surface area contributed by atoms with E-state index in [0.717, 1.165) is 36.9 Å². The molecule has 1 amide bonds. The summed E-state index contributed by atoms with van der Waals surface area (Å²) < 4.78 is 13.3. The molecule has 4 nitrogen and oxygen atoms in total. The number of likely N-dealkylation sites (tertiary alicyclic amines) is 1. The molecule has 0 atom stereocenters. The Morgan fingerprint density at radius 1 is 1.00 bits per heavy atom. The van der Waals surface area contributed by atoms with Crippen LogP contribution in [0.5, 0.6) is 0 Å². The number of carbonyl (C=O) groups excluding carboxylic acids is 1. The number of pyridine rings is 2. The van der Waals surface area contributed by atoms with E-state index in [-0.39, 0.29) is 11.7 Å². The van der Waals surface area contributed by atoms with Gasteiger partial charge in [0, 0.05) is 48.1 Å². The monoisotopic (exact) mass is 335 g/mol. The van der Waals surface area contributed by atoms with Gasteiger partial charge in [0.1, 0.15) is 5.82 Å². The van der Waals surface area contributed by atoms with E-state index in [2.05, 4.69) is 9.97 Å². The van der Waals surface area contributed by atoms with Gasteiger partial charge in [-0.15, -0.1) is 0 Å². The van der Waals surface area contributed by atoms with Gasteiger partial charge < -0.3 is 4.90 Å². The van der Waals surface area contributed by atoms with Crippen molar-refractivity contribution in [3.63, 3.8) is 0 Å². The van der Waals surface area contributed by atoms with Crippen molar-refractivity contribution in [1.82, 2.24) is 14.9 Å². The molecule has 1 aliphatic rings. The van der Waals surface area contributed by atoms with Crippen LogP contribution in [0.25, 0.3) is 22.2 Å². The van der Waals surface area contributed by atoms with E-state index in [9.17, 15) is 9.18 Å². The molecule has 0 saturated carbocycles. The molecule has 0 bridgehead atoms. The van der Waals surface area contributed by atoms with Crippen LogP contribution < -0.4 is 0 Å². The predicted molar refractivity (Wildman–Crippen MR) is 94.7 cm³/mol. The average Bonchev–Trinajstić information content (AvgIpc) is 2.68. The highest BCUT2D eigenvalue weighted by molar-refractivity contribution is 5.95. The smallest absolute Gasteiger partial charge is 0.253 e. The summed E-state index contributed by atoms with van der Waals surface area (Å²) in [4.78, 5) is 23.3. The number of piperidine rings is 1. The number of rotatable bonds is 2. The first-order valence-corrected chi connectivity index (χ1v) is 8.52. The summed E-state index contributed by atoms with van der Waals surface area (Å²) in [6.07, 6.45) is 6.64. The summed E-state index contributed by atoms with van der Waals surface area (Å²) in [7, 11) is 0. The molecule has 3 heterocycles. The first-order chi connectivity index (χ1) is 12.2. The Bertz CT molecular complexity index is 935. The summed E-state index contributed by atoms with van der Waals surface area (Å²) in [6, 6.07) is 10.00. The molecule has 3 aromatic rings. The zero-order valence-corrected chi connectivity index (χ0v) is 13.8. The van der Waals surface area contributed by atoms with Crippen molar-refractivity contribution < 1.29 is 9.18 Å². The van der Waals surface area contributed by atoms with Crippen molar-refractivity contribution in [1.29, 1.82) is 0 Å². The molecule has 1 fully saturated rings. The van der Waals surface area contributed by atoms with Crippen LogP contribution in [0.2, 0.25) is 0 Å². The Labute approximate surface area is 145 Å². The third-order valence-corrected chi connectivity index (χ3v) is 4.59. The molecule has 25 heavy (non-hydrogen) atoms. The van der Waals surface area contributed by atoms with Gasteiger partial charge in [0.2, 0.25) is 0 Å². The Morgan fingerprint density at radius 2 is 1.84 bits per heavy atom. The zero-order chi connectivity index (χ0) is 17.2. The van der Waals surface area contributed by atoms with Gasteiger partial charge in [0.25, 0.3) is 5.91 Å². The average molecular weight is 335 g/mol. The van der Waals surface area contributed by atoms with Crippen molar-refractivity contribution in [2.24, 2.45) is 0 Å². The number of fused-ring (bicyclic) bond motifs is 1. The maximum absolute atomic E-state index is 13.3. The highest BCUT2D eigenvalue weighted by atomic mass is 19.1. The van der Waals surface area contributed by atoms with E-state index >= 15 is 0 Å². The molecule has 0 radical (unpaired) electrons. The lowest BCUT2D eigenvalue weighted by atomic mass is 10.1. The van der Waals surface area contributed by atoms with E-state index in [1.165, 1.54) is 18.6 Å². The van der Waals surface area contributed by atoms with Gasteiger partial charge >= 0.3 is 0 Å². The molecule has 2 aromatic heterocycles. The number of nitrogens with zero attached hydrogens (tertiary/aromatic N) is 3. The van der Waals surface area contributed by atoms with Gasteiger partial charge in [-0.05, 0) is 49.6 Å². The number of aromatic nitrogens is 2. The zero-order valence-electron chi connectivity index (χ0n) is 13.8. The van der Waals surface area contributed by atoms with Crippen molar-refractivity contribution in [2.75, 3.05) is 13.1 Å². The number of hydrogen-bond donors (Lipinski definition) is 0. The standard InChI is InChI=1S/C20H18FN3O/c21-17-5-4-14-10-16(13-23-19(14)12-17)18-11-15(6-7-22-18)20(25)24-8-2-1-3-9-24/h4-7,10-13H,1-3,8-9H2. The first kappa shape index (κ1) is 15.7. The summed E-state index contributed by atoms with van der Waals surface area (Å²) in [5.74, 6) is -0.251. The van der Waals surface area contributed by atoms with Crippen LogP contribution in [-0.4, -0.2) is 33.9 Å². The number of carbonyl (C=O) groups is 1. The van der Waals surface area contributed by atoms with Crippen LogP contribution in [0.4, 0.5) is 4.39 Å². The number of benzene rings is 1. The third kappa shape index (κ3) is 3.22. The van der Waals surface area contributed by atoms with Crippen molar-refractivity contribution in [3.8, 4) is 11.3 Å². The van der Waals surface area contributed by atoms with E-state index in [4.69, 9.17) is 0 Å². The van der Waals surface area contributed by atoms with Crippen LogP contribution in [-0.2, 0) is 0 Å². The van der Waals surface area contributed by atoms with E-state index in [1.54, 1.807) is 24.5 Å². The van der Waals surface area contributed by atoms with Crippen LogP contribution in [0, 0.1) is 5.82 Å². The molecule has 1 aromatic carbocycles. The van der Waals surface area contributed by atoms with Gasteiger partial charge in [-0.2, -0.15) is 0 Å². The van der Waals surface area contributed by atoms with Gasteiger partial charge in [-0.25, -0.2) is 4.39 Å². The fraction of sp³-hybridized carbons (Fsp3) is 0.250. The molecule has 1 saturated heterocycles. The Balaban J connectivity index is 1.66. The van der Waals surface area contributed by atoms with E-state index < -0.39 is 0 Å². The number of amides is 1. The lowest BCUT2D eigenvalue weighted by molar-refractivity contribution is 0.0724. The van der Waals surface area contributed by atoms with E-state index in [0.29, 0.717) is 16.8 Å². The minimum atomic E-state index is -0.306. The largest absolute Gasteiger partial charge is 0.339 e. The first-order valence-electron chi connectivity index (χ1n) is 8.52. The summed E-state index contributed by atoms with van der Waals surface area (Å²) >= 11 is 0. The predicted octanol–water partition coefficient (Wildman–Crippen LogP) is 4.06. The van der Waals surface area contributed by atoms with Crippen molar-refractivity contribution in [3.05, 3.63) is 60.2 Å². The summed E-state index contributed by atoms with van der Waals surface area (Å²) in [6.45, 7) is 1.64. The fourth-order valence-electron chi connectivity index (χ4n) is 3.24. The van der Waals surface area contributed by atoms with Crippen molar-refractivity contribution in [2.45, 2.75) is 19.3 Å². The van der Waals surface area contributed by atoms with E-state index in [1.807, 2.05) is 17.0 Å². The van der Waals surface area contributed by atoms with Gasteiger partial charge in [0.05, 0.1) is 11.2 Å². The highest BCUT2D eigenvalue weighted by Crippen LogP contribution is 2.23. The lowest BCUT2D eigenvalue weighted by Gasteiger charge is -2.26. The quantitative estimate of drug-likeness (QED) is 0.709. The second-order valence-corrected chi connectivity index (χ2v) is 6.34. The molecule has 0 N–H and O–H groups in total. The summed E-state index contributed by atoms with van der Waals surface area (Å²) in [5, 5.41) is 0.841. The van der Waals surface area contributed by atoms with Crippen LogP contribution in [0.1, 0.15) is 29.6 Å². The van der Waals surface area contributed by atoms with Gasteiger partial charge in [-0.1, -0.05) is 0 Å². The van der Waals surface area contributed by atoms with Crippen LogP contribution in [0.15, 0.2) is 48.8 Å². The SMILES string of the molecule is O=C(c1ccnc(-c2cnc3cc(F)ccc3c2)c1)N1CCCCC1. The number of halogens is 1. The molecule has 0 aliphatic carbocycles. The second kappa shape index (κ2) is 6.59. The normalized spacial score (nSPS) is 14.7. The topological polar surface area (TPSA) is 46.1 Å². The highest BCUT2D eigenvalue weighted by Gasteiger charge is 2.18. The van der Waals surface area contributed by atoms with Crippen LogP contribution in [0.3, 0.4) is 0 Å². The third-order valence-electron chi connectivity index (χ3n) is 4.59. The molecular formula is C20H18FN3O. The molecule has 0 spiro atoms. The molecule has 126 valence electrons. The maximum atomic E-state index is 13.3. The van der Waals surface area contributed by atoms with Gasteiger partial charge in [0.15, 0.2) is 0 Å². The maximum Gasteiger partial charge on any atom is 0.253 e. The fourth-order valence-corrected chi connectivity index (χ4v) is 3.24. The Hall–Kier alpha value is -2.82. The number of hydrogen-bond acceptors (Lipinski definition) is 3. The molecular weight excluding hydrogens is 317 g/mol. The minimum absolute atomic E-state index is 0.0548. The Kier molecular flexibility index (Phi) is 4.14. The second-order valence-electron chi connectivity index (χ2n) is 6.34.